The molecule has 0 spiro atoms. The number of aromatic nitrogens is 2. The highest BCUT2D eigenvalue weighted by Crippen LogP contribution is 2.05. The first kappa shape index (κ1) is 11.1. The molecular weight excluding hydrogens is 174 g/mol. The molecule has 0 aromatic carbocycles. The molecule has 0 amide bonds. The van der Waals surface area contributed by atoms with Crippen LogP contribution >= 0.6 is 0 Å². The third kappa shape index (κ3) is 3.87. The number of nitrogens with two attached hydrogens (primary N) is 3. The zero-order valence-corrected chi connectivity index (χ0v) is 6.84. The molecule has 0 saturated heterocycles. The van der Waals surface area contributed by atoms with Crippen LogP contribution in [0.5, 0.6) is 0 Å². The Labute approximate surface area is 74.6 Å². The molecule has 7 nitrogen and oxygen atoms in total. The summed E-state index contributed by atoms with van der Waals surface area (Å²) >= 11 is 0. The minimum absolute atomic E-state index is 0.176. The minimum atomic E-state index is -0.250. The molecule has 7 heteroatoms. The molecule has 0 unspecified atom stereocenters. The number of rotatable bonds is 1. The highest BCUT2D eigenvalue weighted by molar-refractivity contribution is 5.40. The number of hydrogen-bond donors (Lipinski definition) is 4. The summed E-state index contributed by atoms with van der Waals surface area (Å²) in [5.41, 5.74) is 16.7. The van der Waals surface area contributed by atoms with Crippen molar-refractivity contribution in [1.82, 2.24) is 9.97 Å². The largest absolute Gasteiger partial charge is 0.483 e. The lowest BCUT2D eigenvalue weighted by Crippen LogP contribution is -2.06. The number of hydrogen-bond acceptors (Lipinski definition) is 6. The fraction of sp³-hybridized carbons (Fsp3) is 0.167. The van der Waals surface area contributed by atoms with Crippen LogP contribution in [-0.4, -0.2) is 21.5 Å². The van der Waals surface area contributed by atoms with E-state index in [9.17, 15) is 0 Å². The summed E-state index contributed by atoms with van der Waals surface area (Å²) in [6, 6.07) is 0. The molecule has 0 bridgehead atoms. The molecular formula is C6H11N5O2. The maximum Gasteiger partial charge on any atom is 0.290 e. The second kappa shape index (κ2) is 5.72. The van der Waals surface area contributed by atoms with Gasteiger partial charge in [0.2, 0.25) is 5.95 Å². The zero-order valence-electron chi connectivity index (χ0n) is 6.84. The molecule has 1 rings (SSSR count). The van der Waals surface area contributed by atoms with Gasteiger partial charge in [0.05, 0.1) is 0 Å². The van der Waals surface area contributed by atoms with Crippen LogP contribution in [0.25, 0.3) is 0 Å². The molecule has 0 fully saturated rings. The van der Waals surface area contributed by atoms with Crippen molar-refractivity contribution in [3.8, 4) is 0 Å². The van der Waals surface area contributed by atoms with Crippen LogP contribution in [0.2, 0.25) is 0 Å². The van der Waals surface area contributed by atoms with Gasteiger partial charge in [-0.05, 0) is 0 Å². The lowest BCUT2D eigenvalue weighted by Gasteiger charge is -1.99. The van der Waals surface area contributed by atoms with Crippen molar-refractivity contribution in [2.45, 2.75) is 6.54 Å². The van der Waals surface area contributed by atoms with E-state index in [0.29, 0.717) is 17.9 Å². The van der Waals surface area contributed by atoms with E-state index in [1.54, 1.807) is 0 Å². The average Bonchev–Trinajstić information content (AvgIpc) is 2.06. The van der Waals surface area contributed by atoms with Crippen molar-refractivity contribution < 1.29 is 9.90 Å². The molecule has 0 aliphatic carbocycles. The molecule has 0 radical (unpaired) electrons. The summed E-state index contributed by atoms with van der Waals surface area (Å²) in [7, 11) is 0. The summed E-state index contributed by atoms with van der Waals surface area (Å²) in [6.45, 7) is 0.0894. The predicted molar refractivity (Wildman–Crippen MR) is 47.4 cm³/mol. The molecule has 7 N–H and O–H groups in total. The summed E-state index contributed by atoms with van der Waals surface area (Å²) in [4.78, 5) is 15.8. The Morgan fingerprint density at radius 2 is 2.08 bits per heavy atom. The topological polar surface area (TPSA) is 141 Å². The fourth-order valence-corrected chi connectivity index (χ4v) is 0.592. The summed E-state index contributed by atoms with van der Waals surface area (Å²) < 4.78 is 0. The van der Waals surface area contributed by atoms with Gasteiger partial charge in [-0.1, -0.05) is 0 Å². The fourth-order valence-electron chi connectivity index (χ4n) is 0.592. The first-order valence-corrected chi connectivity index (χ1v) is 3.30. The van der Waals surface area contributed by atoms with Crippen LogP contribution in [-0.2, 0) is 11.3 Å². The van der Waals surface area contributed by atoms with E-state index in [-0.39, 0.29) is 12.4 Å². The van der Waals surface area contributed by atoms with Gasteiger partial charge in [-0.15, -0.1) is 0 Å². The van der Waals surface area contributed by atoms with Crippen LogP contribution in [0.15, 0.2) is 6.20 Å². The molecule has 0 saturated carbocycles. The molecule has 0 aliphatic rings. The van der Waals surface area contributed by atoms with E-state index < -0.39 is 0 Å². The molecule has 72 valence electrons. The maximum absolute atomic E-state index is 8.36. The van der Waals surface area contributed by atoms with Gasteiger partial charge in [0, 0.05) is 18.3 Å². The van der Waals surface area contributed by atoms with Crippen LogP contribution in [0.3, 0.4) is 0 Å². The number of anilines is 2. The van der Waals surface area contributed by atoms with Crippen molar-refractivity contribution in [2.24, 2.45) is 5.73 Å². The minimum Gasteiger partial charge on any atom is -0.483 e. The van der Waals surface area contributed by atoms with E-state index in [1.807, 2.05) is 0 Å². The van der Waals surface area contributed by atoms with Crippen molar-refractivity contribution in [2.75, 3.05) is 11.5 Å². The van der Waals surface area contributed by atoms with Gasteiger partial charge in [0.1, 0.15) is 5.82 Å². The van der Waals surface area contributed by atoms with E-state index in [2.05, 4.69) is 9.97 Å². The van der Waals surface area contributed by atoms with E-state index in [4.69, 9.17) is 27.1 Å². The van der Waals surface area contributed by atoms with Crippen molar-refractivity contribution in [3.05, 3.63) is 11.8 Å². The van der Waals surface area contributed by atoms with Crippen molar-refractivity contribution in [3.63, 3.8) is 0 Å². The van der Waals surface area contributed by atoms with Gasteiger partial charge in [-0.2, -0.15) is 4.98 Å². The third-order valence-corrected chi connectivity index (χ3v) is 1.14. The van der Waals surface area contributed by atoms with Gasteiger partial charge in [0.25, 0.3) is 6.47 Å². The Morgan fingerprint density at radius 3 is 2.46 bits per heavy atom. The van der Waals surface area contributed by atoms with Crippen LogP contribution in [0.4, 0.5) is 11.8 Å². The summed E-state index contributed by atoms with van der Waals surface area (Å²) in [6.07, 6.45) is 1.53. The first-order valence-electron chi connectivity index (χ1n) is 3.30. The quantitative estimate of drug-likeness (QED) is 0.402. The number of nitrogen functional groups attached to an aromatic ring is 2. The Bertz CT molecular complexity index is 278. The SMILES string of the molecule is NCc1cnc(N)nc1N.O=CO. The Hall–Kier alpha value is -1.89. The lowest BCUT2D eigenvalue weighted by molar-refractivity contribution is -0.122. The second-order valence-corrected chi connectivity index (χ2v) is 1.95. The Morgan fingerprint density at radius 1 is 1.54 bits per heavy atom. The molecule has 1 heterocycles. The monoisotopic (exact) mass is 185 g/mol. The van der Waals surface area contributed by atoms with Gasteiger partial charge < -0.3 is 22.3 Å². The van der Waals surface area contributed by atoms with Gasteiger partial charge in [0.15, 0.2) is 0 Å². The summed E-state index contributed by atoms with van der Waals surface area (Å²) in [5, 5.41) is 6.89. The maximum atomic E-state index is 8.36. The zero-order chi connectivity index (χ0) is 10.3. The number of carboxylic acid groups (broad SMARTS) is 1. The normalized spacial score (nSPS) is 8.38. The highest BCUT2D eigenvalue weighted by atomic mass is 16.3. The third-order valence-electron chi connectivity index (χ3n) is 1.14. The van der Waals surface area contributed by atoms with Gasteiger partial charge in [-0.25, -0.2) is 4.98 Å². The van der Waals surface area contributed by atoms with E-state index in [0.717, 1.165) is 0 Å². The van der Waals surface area contributed by atoms with Crippen molar-refractivity contribution in [1.29, 1.82) is 0 Å². The standard InChI is InChI=1S/C5H9N5.CH2O2/c6-1-3-2-9-5(8)10-4(3)7;2-1-3/h2H,1,6H2,(H4,7,8,9,10);1H,(H,2,3). The molecule has 0 atom stereocenters. The van der Waals surface area contributed by atoms with Crippen LogP contribution < -0.4 is 17.2 Å². The lowest BCUT2D eigenvalue weighted by atomic mass is 10.3. The second-order valence-electron chi connectivity index (χ2n) is 1.95. The Balaban J connectivity index is 0.000000424. The van der Waals surface area contributed by atoms with Gasteiger partial charge in [-0.3, -0.25) is 4.79 Å². The van der Waals surface area contributed by atoms with E-state index in [1.165, 1.54) is 6.20 Å². The first-order chi connectivity index (χ1) is 6.15. The number of nitrogens with zero attached hydrogens (tertiary/aromatic N) is 2. The number of carbonyl (C=O) groups is 1. The highest BCUT2D eigenvalue weighted by Gasteiger charge is 1.97. The smallest absolute Gasteiger partial charge is 0.290 e. The average molecular weight is 185 g/mol. The van der Waals surface area contributed by atoms with E-state index >= 15 is 0 Å². The van der Waals surface area contributed by atoms with Crippen LogP contribution in [0, 0.1) is 0 Å². The van der Waals surface area contributed by atoms with Crippen LogP contribution in [0.1, 0.15) is 5.56 Å². The van der Waals surface area contributed by atoms with Crippen molar-refractivity contribution >= 4 is 18.2 Å². The summed E-state index contributed by atoms with van der Waals surface area (Å²) in [5.74, 6) is 0.532. The molecule has 13 heavy (non-hydrogen) atoms. The Kier molecular flexibility index (Phi) is 4.89. The molecule has 1 aromatic heterocycles. The predicted octanol–water partition coefficient (Wildman–Crippen LogP) is -1.20. The van der Waals surface area contributed by atoms with Gasteiger partial charge >= 0.3 is 0 Å². The molecule has 1 aromatic rings. The molecule has 0 aliphatic heterocycles.